The Balaban J connectivity index is 0.00000192. The maximum Gasteiger partial charge on any atom is 1.00 e. The number of hydrogen-bond acceptors (Lipinski definition) is 4. The molecule has 7 nitrogen and oxygen atoms in total. The Labute approximate surface area is 178 Å². The van der Waals surface area contributed by atoms with Crippen molar-refractivity contribution in [1.29, 1.82) is 0 Å². The summed E-state index contributed by atoms with van der Waals surface area (Å²) >= 11 is 0. The molecule has 0 bridgehead atoms. The van der Waals surface area contributed by atoms with E-state index in [2.05, 4.69) is 10.3 Å². The Morgan fingerprint density at radius 3 is 2.74 bits per heavy atom. The molecule has 2 fully saturated rings. The minimum Gasteiger partial charge on any atom is -0.548 e. The van der Waals surface area contributed by atoms with E-state index in [4.69, 9.17) is 0 Å². The van der Waals surface area contributed by atoms with Crippen molar-refractivity contribution in [3.63, 3.8) is 0 Å². The molecule has 1 N–H and O–H groups in total. The van der Waals surface area contributed by atoms with Gasteiger partial charge in [0.15, 0.2) is 0 Å². The average molecular weight is 344 g/mol. The Kier molecular flexibility index (Phi) is 6.67. The van der Waals surface area contributed by atoms with Gasteiger partial charge in [-0.25, -0.2) is 9.78 Å². The van der Waals surface area contributed by atoms with Crippen molar-refractivity contribution in [3.8, 4) is 0 Å². The van der Waals surface area contributed by atoms with Crippen LogP contribution in [0.1, 0.15) is 32.1 Å². The molecule has 0 radical (unpaired) electrons. The number of carboxylic acid groups (broad SMARTS) is 1. The monoisotopic (exact) mass is 344 g/mol. The molecule has 120 valence electrons. The van der Waals surface area contributed by atoms with Gasteiger partial charge in [0.05, 0.1) is 18.3 Å². The van der Waals surface area contributed by atoms with Crippen molar-refractivity contribution in [2.45, 2.75) is 44.7 Å². The summed E-state index contributed by atoms with van der Waals surface area (Å²) < 4.78 is 1.94. The van der Waals surface area contributed by atoms with E-state index in [0.717, 1.165) is 32.2 Å². The number of amides is 2. The van der Waals surface area contributed by atoms with Crippen LogP contribution in [-0.4, -0.2) is 45.6 Å². The van der Waals surface area contributed by atoms with Gasteiger partial charge in [-0.15, -0.1) is 0 Å². The maximum absolute atomic E-state index is 12.3. The summed E-state index contributed by atoms with van der Waals surface area (Å²) in [6.07, 6.45) is 9.78. The quantitative estimate of drug-likeness (QED) is 0.455. The van der Waals surface area contributed by atoms with Crippen LogP contribution >= 0.6 is 0 Å². The number of urea groups is 1. The zero-order valence-corrected chi connectivity index (χ0v) is 16.7. The zero-order valence-electron chi connectivity index (χ0n) is 13.5. The molecule has 2 amide bonds. The number of nitrogens with one attached hydrogen (secondary N) is 1. The van der Waals surface area contributed by atoms with Gasteiger partial charge in [-0.1, -0.05) is 6.42 Å². The number of carboxylic acids is 1. The molecule has 2 heterocycles. The predicted octanol–water partition coefficient (Wildman–Crippen LogP) is -3.02. The topological polar surface area (TPSA) is 90.3 Å². The van der Waals surface area contributed by atoms with E-state index in [-0.39, 0.29) is 62.8 Å². The van der Waals surface area contributed by atoms with E-state index in [0.29, 0.717) is 19.5 Å². The number of carbonyl (C=O) groups excluding carboxylic acids is 2. The maximum atomic E-state index is 12.3. The molecule has 1 saturated carbocycles. The second kappa shape index (κ2) is 8.11. The Hall–Kier alpha value is -0.414. The van der Waals surface area contributed by atoms with E-state index in [1.54, 1.807) is 12.5 Å². The Morgan fingerprint density at radius 2 is 2.17 bits per heavy atom. The number of aromatic nitrogens is 2. The molecule has 1 atom stereocenters. The van der Waals surface area contributed by atoms with E-state index in [1.807, 2.05) is 10.8 Å². The predicted molar refractivity (Wildman–Crippen MR) is 76.6 cm³/mol. The van der Waals surface area contributed by atoms with Crippen molar-refractivity contribution in [1.82, 2.24) is 19.8 Å². The van der Waals surface area contributed by atoms with E-state index < -0.39 is 12.0 Å². The van der Waals surface area contributed by atoms with E-state index in [9.17, 15) is 14.7 Å². The number of rotatable bonds is 5. The van der Waals surface area contributed by atoms with Crippen LogP contribution in [0.3, 0.4) is 0 Å². The van der Waals surface area contributed by atoms with Crippen LogP contribution in [0, 0.1) is 5.41 Å². The van der Waals surface area contributed by atoms with Crippen LogP contribution in [0.5, 0.6) is 0 Å². The summed E-state index contributed by atoms with van der Waals surface area (Å²) in [5, 5.41) is 14.1. The summed E-state index contributed by atoms with van der Waals surface area (Å²) in [6, 6.07) is -1.07. The normalized spacial score (nSPS) is 21.6. The number of imidazole rings is 1. The van der Waals surface area contributed by atoms with Gasteiger partial charge in [-0.05, 0) is 31.1 Å². The van der Waals surface area contributed by atoms with E-state index >= 15 is 0 Å². The van der Waals surface area contributed by atoms with Gasteiger partial charge >= 0.3 is 57.4 Å². The van der Waals surface area contributed by atoms with Crippen molar-refractivity contribution in [2.24, 2.45) is 5.41 Å². The molecule has 1 aliphatic heterocycles. The van der Waals surface area contributed by atoms with E-state index in [1.165, 1.54) is 4.90 Å². The molecule has 2 aliphatic rings. The van der Waals surface area contributed by atoms with Crippen LogP contribution in [0.15, 0.2) is 18.7 Å². The first kappa shape index (κ1) is 18.9. The van der Waals surface area contributed by atoms with Gasteiger partial charge in [0.1, 0.15) is 0 Å². The molecular weight excluding hydrogens is 323 g/mol. The largest absolute Gasteiger partial charge is 1.00 e. The van der Waals surface area contributed by atoms with Gasteiger partial charge in [-0.2, -0.15) is 0 Å². The summed E-state index contributed by atoms with van der Waals surface area (Å²) in [7, 11) is 0. The molecule has 1 aromatic rings. The van der Waals surface area contributed by atoms with Crippen LogP contribution in [0.4, 0.5) is 4.79 Å². The second-order valence-corrected chi connectivity index (χ2v) is 6.41. The summed E-state index contributed by atoms with van der Waals surface area (Å²) in [5.41, 5.74) is 0.0267. The van der Waals surface area contributed by atoms with Gasteiger partial charge in [0, 0.05) is 32.0 Å². The Bertz CT molecular complexity index is 545. The molecule has 23 heavy (non-hydrogen) atoms. The number of nitrogens with zero attached hydrogens (tertiary/aromatic N) is 3. The first-order valence-corrected chi connectivity index (χ1v) is 7.81. The van der Waals surface area contributed by atoms with Crippen LogP contribution in [-0.2, 0) is 11.3 Å². The van der Waals surface area contributed by atoms with Crippen molar-refractivity contribution >= 4 is 12.0 Å². The fraction of sp³-hybridized carbons (Fsp3) is 0.667. The number of aryl methyl sites for hydroxylation is 1. The van der Waals surface area contributed by atoms with Crippen molar-refractivity contribution < 1.29 is 66.1 Å². The molecule has 1 unspecified atom stereocenters. The van der Waals surface area contributed by atoms with Gasteiger partial charge in [-0.3, -0.25) is 0 Å². The molecule has 1 aromatic heterocycles. The molecule has 1 aliphatic carbocycles. The minimum atomic E-state index is -1.14. The van der Waals surface area contributed by atoms with Crippen LogP contribution in [0.25, 0.3) is 0 Å². The van der Waals surface area contributed by atoms with Crippen molar-refractivity contribution in [2.75, 3.05) is 13.1 Å². The first-order valence-electron chi connectivity index (χ1n) is 7.81. The summed E-state index contributed by atoms with van der Waals surface area (Å²) in [4.78, 5) is 28.9. The Morgan fingerprint density at radius 1 is 1.39 bits per heavy atom. The summed E-state index contributed by atoms with van der Waals surface area (Å²) in [5.74, 6) is -1.14. The van der Waals surface area contributed by atoms with Crippen molar-refractivity contribution in [3.05, 3.63) is 18.7 Å². The zero-order chi connectivity index (χ0) is 15.6. The standard InChI is InChI=1S/C15H22N4O3.K/c20-13(21)12-9-15(3-1-4-15)10-19(12)14(22)17-5-2-7-18-8-6-16-11-18;/h6,8,11-12H,1-5,7,9-10H2,(H,17,22)(H,20,21);/q;+1/p-1. The molecule has 0 aromatic carbocycles. The molecular formula is C15H21KN4O3. The minimum absolute atomic E-state index is 0. The molecule has 1 saturated heterocycles. The average Bonchev–Trinajstić information content (AvgIpc) is 3.09. The fourth-order valence-electron chi connectivity index (χ4n) is 3.50. The van der Waals surface area contributed by atoms with Crippen LogP contribution < -0.4 is 61.8 Å². The second-order valence-electron chi connectivity index (χ2n) is 6.41. The number of aliphatic carboxylic acids is 1. The SMILES string of the molecule is O=C([O-])C1CC2(CCC2)CN1C(=O)NCCCn1ccnc1.[K+]. The number of hydrogen-bond donors (Lipinski definition) is 1. The third-order valence-corrected chi connectivity index (χ3v) is 4.88. The number of carbonyl (C=O) groups is 2. The summed E-state index contributed by atoms with van der Waals surface area (Å²) in [6.45, 7) is 1.83. The number of likely N-dealkylation sites (tertiary alicyclic amines) is 1. The third-order valence-electron chi connectivity index (χ3n) is 4.88. The van der Waals surface area contributed by atoms with Crippen LogP contribution in [0.2, 0.25) is 0 Å². The van der Waals surface area contributed by atoms with Gasteiger partial charge in [0.2, 0.25) is 0 Å². The smallest absolute Gasteiger partial charge is 0.548 e. The fourth-order valence-corrected chi connectivity index (χ4v) is 3.50. The van der Waals surface area contributed by atoms with Gasteiger partial charge in [0.25, 0.3) is 0 Å². The first-order chi connectivity index (χ1) is 10.6. The molecule has 8 heteroatoms. The molecule has 3 rings (SSSR count). The van der Waals surface area contributed by atoms with Gasteiger partial charge < -0.3 is 24.7 Å². The molecule has 1 spiro atoms. The third kappa shape index (κ3) is 4.36.